The van der Waals surface area contributed by atoms with Crippen molar-refractivity contribution in [2.24, 2.45) is 9.98 Å². The molecule has 0 bridgehead atoms. The lowest BCUT2D eigenvalue weighted by molar-refractivity contribution is 0.102. The third-order valence-corrected chi connectivity index (χ3v) is 9.76. The van der Waals surface area contributed by atoms with E-state index in [0.717, 1.165) is 22.3 Å². The first kappa shape index (κ1) is 39.3. The molecule has 0 aromatic heterocycles. The molecule has 0 aliphatic carbocycles. The van der Waals surface area contributed by atoms with Gasteiger partial charge in [0.05, 0.1) is 35.6 Å². The second kappa shape index (κ2) is 16.5. The van der Waals surface area contributed by atoms with Gasteiger partial charge in [-0.3, -0.25) is 19.6 Å². The first-order chi connectivity index (χ1) is 26.7. The highest BCUT2D eigenvalue weighted by molar-refractivity contribution is 6.19. The van der Waals surface area contributed by atoms with Crippen molar-refractivity contribution in [2.75, 3.05) is 13.1 Å². The van der Waals surface area contributed by atoms with E-state index >= 15 is 0 Å². The van der Waals surface area contributed by atoms with E-state index in [2.05, 4.69) is 41.5 Å². The van der Waals surface area contributed by atoms with Crippen LogP contribution in [-0.4, -0.2) is 46.3 Å². The van der Waals surface area contributed by atoms with Gasteiger partial charge in [0.25, 0.3) is 0 Å². The van der Waals surface area contributed by atoms with Crippen LogP contribution in [0.3, 0.4) is 0 Å². The Balaban J connectivity index is 1.47. The fourth-order valence-electron chi connectivity index (χ4n) is 6.51. The molecule has 0 aliphatic rings. The Morgan fingerprint density at radius 3 is 0.982 bits per heavy atom. The molecule has 0 saturated heterocycles. The molecule has 282 valence electrons. The zero-order valence-electron chi connectivity index (χ0n) is 32.9. The van der Waals surface area contributed by atoms with Gasteiger partial charge >= 0.3 is 0 Å². The van der Waals surface area contributed by atoms with Gasteiger partial charge in [-0.1, -0.05) is 163 Å². The van der Waals surface area contributed by atoms with E-state index in [-0.39, 0.29) is 58.1 Å². The molecule has 0 amide bonds. The molecule has 56 heavy (non-hydrogen) atoms. The molecular formula is C50H48N2O4. The smallest absolute Gasteiger partial charge is 0.196 e. The van der Waals surface area contributed by atoms with Gasteiger partial charge in [-0.15, -0.1) is 0 Å². The summed E-state index contributed by atoms with van der Waals surface area (Å²) in [5.41, 5.74) is 5.99. The van der Waals surface area contributed by atoms with Crippen LogP contribution in [0.15, 0.2) is 156 Å². The molecule has 2 N–H and O–H groups in total. The number of ketones is 2. The van der Waals surface area contributed by atoms with Crippen molar-refractivity contribution < 1.29 is 19.8 Å². The summed E-state index contributed by atoms with van der Waals surface area (Å²) in [6.07, 6.45) is 0. The number of benzene rings is 6. The molecule has 0 atom stereocenters. The molecule has 0 spiro atoms. The number of aromatic hydroxyl groups is 2. The second-order valence-corrected chi connectivity index (χ2v) is 15.9. The zero-order chi connectivity index (χ0) is 40.0. The Hall–Kier alpha value is -6.40. The number of hydrogen-bond acceptors (Lipinski definition) is 6. The Morgan fingerprint density at radius 2 is 0.696 bits per heavy atom. The number of phenolic OH excluding ortho intramolecular Hbond substituents is 2. The van der Waals surface area contributed by atoms with Crippen molar-refractivity contribution in [3.8, 4) is 11.5 Å². The van der Waals surface area contributed by atoms with E-state index in [0.29, 0.717) is 33.7 Å². The molecule has 0 unspecified atom stereocenters. The standard InChI is InChI=1S/C50H48N2O4/c1-49(2,3)37-29-39(47(55)41(31-37)45(53)35-23-15-9-16-24-35)43(33-19-11-7-12-20-33)51-27-28-52-44(34-21-13-8-14-22-34)40-30-38(50(4,5)6)32-42(48(40)56)46(54)36-25-17-10-18-26-36/h7-26,29-32,55-56H,27-28H2,1-6H3. The number of hydrogen-bond donors (Lipinski definition) is 2. The van der Waals surface area contributed by atoms with Crippen molar-refractivity contribution in [3.05, 3.63) is 201 Å². The molecule has 0 fully saturated rings. The summed E-state index contributed by atoms with van der Waals surface area (Å²) in [5.74, 6) is -0.824. The van der Waals surface area contributed by atoms with Crippen molar-refractivity contribution in [1.29, 1.82) is 0 Å². The van der Waals surface area contributed by atoms with Gasteiger partial charge in [0.2, 0.25) is 0 Å². The van der Waals surface area contributed by atoms with E-state index in [1.54, 1.807) is 60.7 Å². The van der Waals surface area contributed by atoms with Crippen molar-refractivity contribution >= 4 is 23.0 Å². The van der Waals surface area contributed by atoms with Gasteiger partial charge in [-0.2, -0.15) is 0 Å². The summed E-state index contributed by atoms with van der Waals surface area (Å²) in [4.78, 5) is 37.9. The topological polar surface area (TPSA) is 99.3 Å². The SMILES string of the molecule is CC(C)(C)c1cc(C(=O)c2ccccc2)c(O)c(C(=NCCN=C(c2ccccc2)c2cc(C(C)(C)C)cc(C(=O)c3ccccc3)c2O)c2ccccc2)c1. The Kier molecular flexibility index (Phi) is 11.6. The van der Waals surface area contributed by atoms with Crippen LogP contribution in [0.2, 0.25) is 0 Å². The van der Waals surface area contributed by atoms with Crippen LogP contribution in [0.5, 0.6) is 11.5 Å². The highest BCUT2D eigenvalue weighted by atomic mass is 16.3. The number of phenols is 2. The number of nitrogens with zero attached hydrogens (tertiary/aromatic N) is 2. The number of rotatable bonds is 11. The van der Waals surface area contributed by atoms with Crippen molar-refractivity contribution in [2.45, 2.75) is 52.4 Å². The minimum Gasteiger partial charge on any atom is -0.506 e. The van der Waals surface area contributed by atoms with Gasteiger partial charge < -0.3 is 10.2 Å². The Bertz CT molecular complexity index is 2230. The lowest BCUT2D eigenvalue weighted by Crippen LogP contribution is -2.17. The summed E-state index contributed by atoms with van der Waals surface area (Å²) in [6.45, 7) is 12.9. The first-order valence-electron chi connectivity index (χ1n) is 18.9. The normalized spacial score (nSPS) is 12.4. The number of aliphatic imine (C=N–C) groups is 2. The lowest BCUT2D eigenvalue weighted by atomic mass is 9.82. The molecule has 0 radical (unpaired) electrons. The number of carbonyl (C=O) groups excluding carboxylic acids is 2. The fourth-order valence-corrected chi connectivity index (χ4v) is 6.51. The molecule has 6 aromatic rings. The monoisotopic (exact) mass is 740 g/mol. The van der Waals surface area contributed by atoms with Gasteiger partial charge in [-0.25, -0.2) is 0 Å². The van der Waals surface area contributed by atoms with E-state index in [1.165, 1.54) is 0 Å². The van der Waals surface area contributed by atoms with Gasteiger partial charge in [0.1, 0.15) is 11.5 Å². The van der Waals surface area contributed by atoms with Gasteiger partial charge in [-0.05, 0) is 46.2 Å². The maximum atomic E-state index is 13.9. The van der Waals surface area contributed by atoms with Crippen molar-refractivity contribution in [1.82, 2.24) is 0 Å². The first-order valence-corrected chi connectivity index (χ1v) is 18.9. The zero-order valence-corrected chi connectivity index (χ0v) is 32.9. The summed E-state index contributed by atoms with van der Waals surface area (Å²) in [7, 11) is 0. The maximum Gasteiger partial charge on any atom is 0.196 e. The third kappa shape index (κ3) is 8.76. The molecule has 6 aromatic carbocycles. The summed E-state index contributed by atoms with van der Waals surface area (Å²) in [5, 5.41) is 23.8. The highest BCUT2D eigenvalue weighted by Gasteiger charge is 2.27. The summed E-state index contributed by atoms with van der Waals surface area (Å²) in [6, 6.07) is 44.5. The summed E-state index contributed by atoms with van der Waals surface area (Å²) >= 11 is 0. The molecule has 6 nitrogen and oxygen atoms in total. The molecule has 0 aliphatic heterocycles. The molecular weight excluding hydrogens is 693 g/mol. The van der Waals surface area contributed by atoms with Crippen LogP contribution >= 0.6 is 0 Å². The van der Waals surface area contributed by atoms with E-state index in [4.69, 9.17) is 9.98 Å². The van der Waals surface area contributed by atoms with Crippen molar-refractivity contribution in [3.63, 3.8) is 0 Å². The van der Waals surface area contributed by atoms with Crippen LogP contribution in [0.1, 0.15) is 107 Å². The number of carbonyl (C=O) groups is 2. The van der Waals surface area contributed by atoms with Gasteiger partial charge in [0, 0.05) is 33.4 Å². The van der Waals surface area contributed by atoms with Crippen LogP contribution in [0.4, 0.5) is 0 Å². The van der Waals surface area contributed by atoms with E-state index in [9.17, 15) is 19.8 Å². The average molecular weight is 741 g/mol. The highest BCUT2D eigenvalue weighted by Crippen LogP contribution is 2.36. The molecule has 0 saturated carbocycles. The largest absolute Gasteiger partial charge is 0.506 e. The van der Waals surface area contributed by atoms with Crippen LogP contribution < -0.4 is 0 Å². The fraction of sp³-hybridized carbons (Fsp3) is 0.200. The average Bonchev–Trinajstić information content (AvgIpc) is 3.20. The van der Waals surface area contributed by atoms with E-state index in [1.807, 2.05) is 84.9 Å². The minimum atomic E-state index is -0.338. The maximum absolute atomic E-state index is 13.9. The summed E-state index contributed by atoms with van der Waals surface area (Å²) < 4.78 is 0. The molecule has 6 rings (SSSR count). The Labute approximate surface area is 330 Å². The Morgan fingerprint density at radius 1 is 0.429 bits per heavy atom. The molecule has 0 heterocycles. The van der Waals surface area contributed by atoms with Crippen LogP contribution in [-0.2, 0) is 10.8 Å². The quantitative estimate of drug-likeness (QED) is 0.0785. The van der Waals surface area contributed by atoms with Gasteiger partial charge in [0.15, 0.2) is 11.6 Å². The predicted octanol–water partition coefficient (Wildman–Crippen LogP) is 10.5. The lowest BCUT2D eigenvalue weighted by Gasteiger charge is -2.23. The predicted molar refractivity (Wildman–Crippen MR) is 227 cm³/mol. The van der Waals surface area contributed by atoms with E-state index < -0.39 is 0 Å². The second-order valence-electron chi connectivity index (χ2n) is 15.9. The molecule has 6 heteroatoms. The minimum absolute atomic E-state index is 0.137. The van der Waals surface area contributed by atoms with Crippen LogP contribution in [0.25, 0.3) is 0 Å². The van der Waals surface area contributed by atoms with Crippen LogP contribution in [0, 0.1) is 0 Å². The third-order valence-electron chi connectivity index (χ3n) is 9.76.